The van der Waals surface area contributed by atoms with E-state index in [-0.39, 0.29) is 18.5 Å². The first-order chi connectivity index (χ1) is 35.5. The fraction of sp³-hybridized carbons (Fsp3) is 0.909. The van der Waals surface area contributed by atoms with Gasteiger partial charge >= 0.3 is 5.97 Å². The third kappa shape index (κ3) is 57.6. The summed E-state index contributed by atoms with van der Waals surface area (Å²) in [6.45, 7) is 4.92. The molecule has 6 heteroatoms. The van der Waals surface area contributed by atoms with Gasteiger partial charge in [0.1, 0.15) is 0 Å². The Bertz CT molecular complexity index is 1120. The van der Waals surface area contributed by atoms with E-state index in [4.69, 9.17) is 4.74 Å². The van der Waals surface area contributed by atoms with E-state index in [1.165, 1.54) is 276 Å². The van der Waals surface area contributed by atoms with Crippen LogP contribution >= 0.6 is 0 Å². The fourth-order valence-electron chi connectivity index (χ4n) is 10.2. The molecule has 0 heterocycles. The smallest absolute Gasteiger partial charge is 0.305 e. The summed E-state index contributed by atoms with van der Waals surface area (Å²) in [5.74, 6) is -0.0250. The molecule has 0 bridgehead atoms. The maximum Gasteiger partial charge on any atom is 0.305 e. The molecule has 2 unspecified atom stereocenters. The number of allylic oxidation sites excluding steroid dienone is 4. The van der Waals surface area contributed by atoms with Crippen molar-refractivity contribution in [2.75, 3.05) is 13.2 Å². The lowest BCUT2D eigenvalue weighted by Crippen LogP contribution is -2.45. The fourth-order valence-corrected chi connectivity index (χ4v) is 10.2. The lowest BCUT2D eigenvalue weighted by atomic mass is 10.0. The Morgan fingerprint density at radius 1 is 0.389 bits per heavy atom. The molecule has 0 aliphatic heterocycles. The number of hydrogen-bond donors (Lipinski definition) is 3. The zero-order valence-corrected chi connectivity index (χ0v) is 48.7. The lowest BCUT2D eigenvalue weighted by Gasteiger charge is -2.22. The van der Waals surface area contributed by atoms with E-state index < -0.39 is 12.1 Å². The van der Waals surface area contributed by atoms with Gasteiger partial charge in [0.05, 0.1) is 25.4 Å². The zero-order valence-electron chi connectivity index (χ0n) is 48.7. The van der Waals surface area contributed by atoms with E-state index >= 15 is 0 Å². The lowest BCUT2D eigenvalue weighted by molar-refractivity contribution is -0.143. The monoisotopic (exact) mass is 1010 g/mol. The van der Waals surface area contributed by atoms with E-state index in [1.54, 1.807) is 0 Å². The van der Waals surface area contributed by atoms with Gasteiger partial charge in [-0.2, -0.15) is 0 Å². The Kier molecular flexibility index (Phi) is 60.5. The molecule has 0 rings (SSSR count). The minimum absolute atomic E-state index is 0.00566. The van der Waals surface area contributed by atoms with Gasteiger partial charge in [0.15, 0.2) is 0 Å². The summed E-state index contributed by atoms with van der Waals surface area (Å²) >= 11 is 0. The van der Waals surface area contributed by atoms with Crippen molar-refractivity contribution in [2.24, 2.45) is 0 Å². The largest absolute Gasteiger partial charge is 0.466 e. The average molecular weight is 1010 g/mol. The first-order valence-corrected chi connectivity index (χ1v) is 32.6. The maximum atomic E-state index is 12.5. The highest BCUT2D eigenvalue weighted by molar-refractivity contribution is 5.76. The Morgan fingerprint density at radius 3 is 1.10 bits per heavy atom. The van der Waals surface area contributed by atoms with E-state index in [0.717, 1.165) is 51.4 Å². The quantitative estimate of drug-likeness (QED) is 0.0320. The summed E-state index contributed by atoms with van der Waals surface area (Å²) in [7, 11) is 0. The molecule has 0 aliphatic rings. The number of carbonyl (C=O) groups excluding carboxylic acids is 2. The number of esters is 1. The van der Waals surface area contributed by atoms with Crippen LogP contribution in [-0.4, -0.2) is 47.4 Å². The molecule has 6 nitrogen and oxygen atoms in total. The van der Waals surface area contributed by atoms with Crippen LogP contribution in [0.4, 0.5) is 0 Å². The highest BCUT2D eigenvalue weighted by Crippen LogP contribution is 2.18. The molecule has 2 atom stereocenters. The predicted octanol–water partition coefficient (Wildman–Crippen LogP) is 20.6. The standard InChI is InChI=1S/C66H127NO5/c1-3-5-7-9-11-13-15-16-36-40-44-48-52-56-60-66(71)72-61-57-53-49-45-41-37-34-32-30-28-26-24-22-20-18-17-19-21-23-25-27-29-31-33-35-39-43-47-51-55-59-65(70)67-63(62-68)64(69)58-54-50-46-42-38-14-12-10-8-6-4-2/h9,11,15-16,63-64,68-69H,3-8,10,12-14,17-62H2,1-2H3,(H,67,70)/b11-9-,16-15-. The second kappa shape index (κ2) is 61.9. The van der Waals surface area contributed by atoms with Gasteiger partial charge in [-0.05, 0) is 51.4 Å². The molecular weight excluding hydrogens is 887 g/mol. The molecule has 0 aliphatic carbocycles. The molecule has 426 valence electrons. The molecule has 1 amide bonds. The first-order valence-electron chi connectivity index (χ1n) is 32.6. The summed E-state index contributed by atoms with van der Waals surface area (Å²) < 4.78 is 5.48. The van der Waals surface area contributed by atoms with E-state index in [1.807, 2.05) is 0 Å². The van der Waals surface area contributed by atoms with E-state index in [2.05, 4.69) is 43.5 Å². The van der Waals surface area contributed by atoms with Gasteiger partial charge in [-0.3, -0.25) is 9.59 Å². The molecule has 0 aromatic heterocycles. The SMILES string of the molecule is CCCC/C=C\C/C=C\CCCCCCCC(=O)OCCCCCCCCCCCCCCCCCCCCCCCCCCCCCCCCC(=O)NC(CO)C(O)CCCCCCCCCCCCC. The predicted molar refractivity (Wildman–Crippen MR) is 315 cm³/mol. The summed E-state index contributed by atoms with van der Waals surface area (Å²) in [6, 6.07) is -0.536. The molecule has 0 spiro atoms. The van der Waals surface area contributed by atoms with Crippen LogP contribution in [0, 0.1) is 0 Å². The number of unbranched alkanes of at least 4 members (excludes halogenated alkanes) is 46. The highest BCUT2D eigenvalue weighted by atomic mass is 16.5. The summed E-state index contributed by atoms with van der Waals surface area (Å²) in [5, 5.41) is 23.2. The number of amides is 1. The van der Waals surface area contributed by atoms with E-state index in [9.17, 15) is 19.8 Å². The van der Waals surface area contributed by atoms with Gasteiger partial charge in [0.25, 0.3) is 0 Å². The topological polar surface area (TPSA) is 95.9 Å². The van der Waals surface area contributed by atoms with Crippen LogP contribution in [0.1, 0.15) is 361 Å². The number of carbonyl (C=O) groups is 2. The molecule has 3 N–H and O–H groups in total. The van der Waals surface area contributed by atoms with E-state index in [0.29, 0.717) is 25.9 Å². The number of ether oxygens (including phenoxy) is 1. The van der Waals surface area contributed by atoms with Crippen LogP contribution in [-0.2, 0) is 14.3 Å². The summed E-state index contributed by atoms with van der Waals surface area (Å²) in [5.41, 5.74) is 0. The van der Waals surface area contributed by atoms with Gasteiger partial charge < -0.3 is 20.3 Å². The molecule has 72 heavy (non-hydrogen) atoms. The molecule has 0 fully saturated rings. The molecule has 0 radical (unpaired) electrons. The second-order valence-electron chi connectivity index (χ2n) is 22.5. The van der Waals surface area contributed by atoms with Gasteiger partial charge in [-0.25, -0.2) is 0 Å². The highest BCUT2D eigenvalue weighted by Gasteiger charge is 2.20. The number of aliphatic hydroxyl groups excluding tert-OH is 2. The Morgan fingerprint density at radius 2 is 0.708 bits per heavy atom. The van der Waals surface area contributed by atoms with Crippen molar-refractivity contribution < 1.29 is 24.5 Å². The van der Waals surface area contributed by atoms with Crippen molar-refractivity contribution >= 4 is 11.9 Å². The number of hydrogen-bond acceptors (Lipinski definition) is 5. The van der Waals surface area contributed by atoms with Gasteiger partial charge in [0, 0.05) is 12.8 Å². The van der Waals surface area contributed by atoms with Gasteiger partial charge in [-0.15, -0.1) is 0 Å². The summed E-state index contributed by atoms with van der Waals surface area (Å²) in [6.07, 6.45) is 76.5. The Labute approximate surface area is 450 Å². The van der Waals surface area contributed by atoms with Gasteiger partial charge in [0.2, 0.25) is 5.91 Å². The van der Waals surface area contributed by atoms with Crippen molar-refractivity contribution in [1.29, 1.82) is 0 Å². The van der Waals surface area contributed by atoms with Crippen LogP contribution in [0.2, 0.25) is 0 Å². The molecule has 0 aromatic rings. The van der Waals surface area contributed by atoms with Gasteiger partial charge in [-0.1, -0.05) is 321 Å². The average Bonchev–Trinajstić information content (AvgIpc) is 3.38. The van der Waals surface area contributed by atoms with Crippen LogP contribution in [0.25, 0.3) is 0 Å². The Balaban J connectivity index is 3.31. The third-order valence-corrected chi connectivity index (χ3v) is 15.3. The van der Waals surface area contributed by atoms with Crippen molar-refractivity contribution in [3.05, 3.63) is 24.3 Å². The molecular formula is C66H127NO5. The normalized spacial score (nSPS) is 12.7. The zero-order chi connectivity index (χ0) is 52.2. The van der Waals surface area contributed by atoms with Crippen molar-refractivity contribution in [1.82, 2.24) is 5.32 Å². The van der Waals surface area contributed by atoms with Crippen molar-refractivity contribution in [3.8, 4) is 0 Å². The maximum absolute atomic E-state index is 12.5. The summed E-state index contributed by atoms with van der Waals surface area (Å²) in [4.78, 5) is 24.5. The minimum Gasteiger partial charge on any atom is -0.466 e. The third-order valence-electron chi connectivity index (χ3n) is 15.3. The van der Waals surface area contributed by atoms with Crippen LogP contribution < -0.4 is 5.32 Å². The molecule has 0 aromatic carbocycles. The van der Waals surface area contributed by atoms with Crippen LogP contribution in [0.15, 0.2) is 24.3 Å². The van der Waals surface area contributed by atoms with Crippen LogP contribution in [0.3, 0.4) is 0 Å². The number of nitrogens with one attached hydrogen (secondary N) is 1. The van der Waals surface area contributed by atoms with Crippen molar-refractivity contribution in [2.45, 2.75) is 373 Å². The minimum atomic E-state index is -0.659. The second-order valence-corrected chi connectivity index (χ2v) is 22.5. The molecule has 0 saturated heterocycles. The Hall–Kier alpha value is -1.66. The van der Waals surface area contributed by atoms with Crippen molar-refractivity contribution in [3.63, 3.8) is 0 Å². The number of rotatable bonds is 61. The first kappa shape index (κ1) is 70.3. The number of aliphatic hydroxyl groups is 2. The molecule has 0 saturated carbocycles. The van der Waals surface area contributed by atoms with Crippen LogP contribution in [0.5, 0.6) is 0 Å².